The maximum Gasteiger partial charge on any atom is 0.359 e. The summed E-state index contributed by atoms with van der Waals surface area (Å²) in [5.41, 5.74) is 0.319. The zero-order chi connectivity index (χ0) is 13.3. The first-order valence-corrected chi connectivity index (χ1v) is 6.99. The van der Waals surface area contributed by atoms with Gasteiger partial charge in [-0.25, -0.2) is 4.79 Å². The fraction of sp³-hybridized carbons (Fsp3) is 0.100. The number of hydrogen-bond donors (Lipinski definition) is 2. The van der Waals surface area contributed by atoms with Crippen LogP contribution in [0.5, 0.6) is 0 Å². The van der Waals surface area contributed by atoms with E-state index in [-0.39, 0.29) is 4.88 Å². The van der Waals surface area contributed by atoms with E-state index >= 15 is 0 Å². The number of fused-ring (bicyclic) bond motifs is 1. The summed E-state index contributed by atoms with van der Waals surface area (Å²) < 4.78 is 29.6. The van der Waals surface area contributed by atoms with E-state index in [4.69, 9.17) is 5.11 Å². The highest BCUT2D eigenvalue weighted by molar-refractivity contribution is 7.88. The molecule has 0 spiro atoms. The molecule has 0 aliphatic heterocycles. The van der Waals surface area contributed by atoms with E-state index in [1.807, 2.05) is 0 Å². The number of carboxylic acid groups (broad SMARTS) is 1. The number of carboxylic acids is 1. The number of aromatic carboxylic acids is 1. The molecule has 2 N–H and O–H groups in total. The van der Waals surface area contributed by atoms with Crippen molar-refractivity contribution in [2.45, 2.75) is 0 Å². The fourth-order valence-corrected chi connectivity index (χ4v) is 2.78. The van der Waals surface area contributed by atoms with Crippen LogP contribution in [0.1, 0.15) is 9.67 Å². The Balaban J connectivity index is 2.41. The second kappa shape index (κ2) is 4.56. The molecule has 0 saturated heterocycles. The fourth-order valence-electron chi connectivity index (χ4n) is 1.40. The van der Waals surface area contributed by atoms with Crippen LogP contribution in [0.25, 0.3) is 10.1 Å². The summed E-state index contributed by atoms with van der Waals surface area (Å²) >= 11 is 1.13. The summed E-state index contributed by atoms with van der Waals surface area (Å²) in [6.45, 7) is 0. The molecule has 0 aliphatic rings. The molecule has 0 fully saturated rings. The minimum absolute atomic E-state index is 0.205. The van der Waals surface area contributed by atoms with E-state index in [0.29, 0.717) is 11.1 Å². The highest BCUT2D eigenvalue weighted by atomic mass is 32.2. The molecule has 18 heavy (non-hydrogen) atoms. The van der Waals surface area contributed by atoms with Crippen LogP contribution in [0.2, 0.25) is 0 Å². The van der Waals surface area contributed by atoms with Gasteiger partial charge in [-0.15, -0.1) is 11.3 Å². The second-order valence-electron chi connectivity index (χ2n) is 3.39. The lowest BCUT2D eigenvalue weighted by Crippen LogP contribution is -2.13. The number of nitrogens with one attached hydrogen (secondary N) is 1. The van der Waals surface area contributed by atoms with Crippen LogP contribution in [0.4, 0.5) is 5.69 Å². The van der Waals surface area contributed by atoms with Crippen molar-refractivity contribution in [2.75, 3.05) is 11.8 Å². The molecule has 6 nitrogen and oxygen atoms in total. The minimum atomic E-state index is -3.81. The smallest absolute Gasteiger partial charge is 0.359 e. The van der Waals surface area contributed by atoms with Gasteiger partial charge in [-0.3, -0.25) is 8.91 Å². The second-order valence-corrected chi connectivity index (χ2v) is 5.92. The molecule has 0 saturated carbocycles. The lowest BCUT2D eigenvalue weighted by molar-refractivity contribution is 0.0702. The first kappa shape index (κ1) is 12.8. The molecule has 8 heteroatoms. The summed E-state index contributed by atoms with van der Waals surface area (Å²) in [5.74, 6) is -1.00. The van der Waals surface area contributed by atoms with Gasteiger partial charge in [-0.05, 0) is 29.7 Å². The van der Waals surface area contributed by atoms with Gasteiger partial charge in [-0.2, -0.15) is 8.42 Å². The summed E-state index contributed by atoms with van der Waals surface area (Å²) in [7, 11) is -2.76. The molecule has 0 radical (unpaired) electrons. The molecule has 0 amide bonds. The van der Waals surface area contributed by atoms with Crippen LogP contribution >= 0.6 is 11.3 Å². The average Bonchev–Trinajstić information content (AvgIpc) is 2.71. The van der Waals surface area contributed by atoms with Crippen molar-refractivity contribution in [3.05, 3.63) is 29.1 Å². The van der Waals surface area contributed by atoms with E-state index in [1.54, 1.807) is 18.2 Å². The van der Waals surface area contributed by atoms with Crippen molar-refractivity contribution in [3.63, 3.8) is 0 Å². The number of carbonyl (C=O) groups is 1. The Morgan fingerprint density at radius 1 is 1.39 bits per heavy atom. The maximum atomic E-state index is 11.2. The topological polar surface area (TPSA) is 92.7 Å². The standard InChI is InChI=1S/C10H9NO5S2/c1-16-18(14,15)11-7-2-3-8-6(4-7)5-9(17-8)10(12)13/h2-5,11H,1H3,(H,12,13). The summed E-state index contributed by atoms with van der Waals surface area (Å²) in [6, 6.07) is 6.24. The van der Waals surface area contributed by atoms with Gasteiger partial charge in [0.1, 0.15) is 4.88 Å². The number of anilines is 1. The third-order valence-corrected chi connectivity index (χ3v) is 4.22. The zero-order valence-electron chi connectivity index (χ0n) is 9.21. The molecule has 1 aromatic heterocycles. The van der Waals surface area contributed by atoms with Crippen molar-refractivity contribution in [2.24, 2.45) is 0 Å². The Kier molecular flexibility index (Phi) is 3.24. The number of benzene rings is 1. The molecule has 0 aliphatic carbocycles. The van der Waals surface area contributed by atoms with Crippen LogP contribution in [0.15, 0.2) is 24.3 Å². The Bertz CT molecular complexity index is 704. The van der Waals surface area contributed by atoms with Crippen molar-refractivity contribution >= 4 is 43.4 Å². The Morgan fingerprint density at radius 2 is 2.11 bits per heavy atom. The van der Waals surface area contributed by atoms with Gasteiger partial charge < -0.3 is 5.11 Å². The van der Waals surface area contributed by atoms with Crippen molar-refractivity contribution in [1.29, 1.82) is 0 Å². The summed E-state index contributed by atoms with van der Waals surface area (Å²) in [4.78, 5) is 11.0. The van der Waals surface area contributed by atoms with E-state index < -0.39 is 16.3 Å². The Morgan fingerprint density at radius 3 is 2.72 bits per heavy atom. The van der Waals surface area contributed by atoms with Gasteiger partial charge in [0.05, 0.1) is 12.8 Å². The van der Waals surface area contributed by atoms with E-state index in [0.717, 1.165) is 23.1 Å². The average molecular weight is 287 g/mol. The predicted molar refractivity (Wildman–Crippen MR) is 68.3 cm³/mol. The minimum Gasteiger partial charge on any atom is -0.477 e. The van der Waals surface area contributed by atoms with Gasteiger partial charge in [0.15, 0.2) is 0 Å². The highest BCUT2D eigenvalue weighted by Crippen LogP contribution is 2.28. The van der Waals surface area contributed by atoms with E-state index in [1.165, 1.54) is 6.07 Å². The lowest BCUT2D eigenvalue weighted by Gasteiger charge is -2.04. The van der Waals surface area contributed by atoms with Crippen molar-refractivity contribution < 1.29 is 22.5 Å². The normalized spacial score (nSPS) is 11.6. The van der Waals surface area contributed by atoms with Crippen molar-refractivity contribution in [3.8, 4) is 0 Å². The summed E-state index contributed by atoms with van der Waals surface area (Å²) in [5, 5.41) is 9.52. The van der Waals surface area contributed by atoms with Gasteiger partial charge in [0.25, 0.3) is 0 Å². The number of hydrogen-bond acceptors (Lipinski definition) is 5. The maximum absolute atomic E-state index is 11.2. The third kappa shape index (κ3) is 2.61. The Labute approximate surface area is 107 Å². The van der Waals surface area contributed by atoms with Gasteiger partial charge in [0, 0.05) is 4.70 Å². The number of thiophene rings is 1. The highest BCUT2D eigenvalue weighted by Gasteiger charge is 2.11. The van der Waals surface area contributed by atoms with Crippen LogP contribution in [0.3, 0.4) is 0 Å². The lowest BCUT2D eigenvalue weighted by atomic mass is 10.2. The molecule has 0 unspecified atom stereocenters. The van der Waals surface area contributed by atoms with Gasteiger partial charge in [0.2, 0.25) is 0 Å². The molecule has 96 valence electrons. The molecular weight excluding hydrogens is 278 g/mol. The quantitative estimate of drug-likeness (QED) is 0.896. The van der Waals surface area contributed by atoms with Gasteiger partial charge in [-0.1, -0.05) is 0 Å². The summed E-state index contributed by atoms with van der Waals surface area (Å²) in [6.07, 6.45) is 0. The third-order valence-electron chi connectivity index (χ3n) is 2.19. The van der Waals surface area contributed by atoms with Crippen molar-refractivity contribution in [1.82, 2.24) is 0 Å². The van der Waals surface area contributed by atoms with Crippen LogP contribution < -0.4 is 4.72 Å². The van der Waals surface area contributed by atoms with Crippen LogP contribution in [0, 0.1) is 0 Å². The number of rotatable bonds is 4. The molecule has 1 aromatic carbocycles. The predicted octanol–water partition coefficient (Wildman–Crippen LogP) is 1.90. The monoisotopic (exact) mass is 287 g/mol. The molecule has 2 rings (SSSR count). The molecule has 1 heterocycles. The molecule has 2 aromatic rings. The largest absolute Gasteiger partial charge is 0.477 e. The van der Waals surface area contributed by atoms with Crippen LogP contribution in [-0.2, 0) is 14.5 Å². The SMILES string of the molecule is COS(=O)(=O)Nc1ccc2sc(C(=O)O)cc2c1. The van der Waals surface area contributed by atoms with E-state index in [2.05, 4.69) is 8.91 Å². The van der Waals surface area contributed by atoms with Gasteiger partial charge >= 0.3 is 16.3 Å². The van der Waals surface area contributed by atoms with E-state index in [9.17, 15) is 13.2 Å². The van der Waals surface area contributed by atoms with Crippen LogP contribution in [-0.4, -0.2) is 26.6 Å². The molecule has 0 atom stereocenters. The molecular formula is C10H9NO5S2. The first-order valence-electron chi connectivity index (χ1n) is 4.76. The molecule has 0 bridgehead atoms. The Hall–Kier alpha value is -1.64. The first-order chi connectivity index (χ1) is 8.41. The zero-order valence-corrected chi connectivity index (χ0v) is 10.8.